The third-order valence-electron chi connectivity index (χ3n) is 3.32. The van der Waals surface area contributed by atoms with E-state index in [2.05, 4.69) is 16.8 Å². The van der Waals surface area contributed by atoms with E-state index in [-0.39, 0.29) is 10.9 Å². The van der Waals surface area contributed by atoms with Crippen LogP contribution in [0.5, 0.6) is 0 Å². The van der Waals surface area contributed by atoms with Crippen LogP contribution < -0.4 is 0 Å². The maximum atomic E-state index is 11.4. The van der Waals surface area contributed by atoms with E-state index in [1.165, 1.54) is 12.1 Å². The normalized spacial score (nSPS) is 11.5. The zero-order valence-electron chi connectivity index (χ0n) is 15.1. The Morgan fingerprint density at radius 3 is 2.04 bits per heavy atom. The van der Waals surface area contributed by atoms with Crippen LogP contribution in [0.1, 0.15) is 6.92 Å². The van der Waals surface area contributed by atoms with Crippen molar-refractivity contribution in [3.8, 4) is 0 Å². The molecule has 0 spiro atoms. The molecule has 0 fully saturated rings. The van der Waals surface area contributed by atoms with Gasteiger partial charge < -0.3 is 4.74 Å². The van der Waals surface area contributed by atoms with Crippen LogP contribution in [-0.2, 0) is 19.4 Å². The number of azo groups is 1. The third-order valence-corrected chi connectivity index (χ3v) is 5.42. The number of benzene rings is 2. The van der Waals surface area contributed by atoms with Crippen LogP contribution in [0.4, 0.5) is 11.4 Å². The lowest BCUT2D eigenvalue weighted by atomic mass is 10.3. The lowest BCUT2D eigenvalue weighted by Crippen LogP contribution is -2.07. The van der Waals surface area contributed by atoms with Gasteiger partial charge in [-0.2, -0.15) is 10.2 Å². The van der Waals surface area contributed by atoms with Crippen molar-refractivity contribution in [2.24, 2.45) is 10.2 Å². The summed E-state index contributed by atoms with van der Waals surface area (Å²) in [7, 11) is -3.22. The maximum absolute atomic E-state index is 11.4. The second kappa shape index (κ2) is 9.48. The highest BCUT2D eigenvalue weighted by Crippen LogP contribution is 2.24. The van der Waals surface area contributed by atoms with Crippen molar-refractivity contribution in [2.45, 2.75) is 16.7 Å². The fourth-order valence-corrected chi connectivity index (χ4v) is 3.26. The summed E-state index contributed by atoms with van der Waals surface area (Å²) < 4.78 is 27.9. The van der Waals surface area contributed by atoms with Crippen LogP contribution in [0.2, 0.25) is 0 Å². The van der Waals surface area contributed by atoms with Gasteiger partial charge in [-0.25, -0.2) is 13.2 Å². The Morgan fingerprint density at radius 1 is 1.04 bits per heavy atom. The summed E-state index contributed by atoms with van der Waals surface area (Å²) in [6, 6.07) is 13.7. The molecule has 2 aromatic rings. The van der Waals surface area contributed by atoms with Gasteiger partial charge >= 0.3 is 5.97 Å². The van der Waals surface area contributed by atoms with Crippen molar-refractivity contribution in [3.63, 3.8) is 0 Å². The number of thioether (sulfide) groups is 1. The maximum Gasteiger partial charge on any atom is 0.333 e. The zero-order valence-corrected chi connectivity index (χ0v) is 16.7. The molecule has 2 aromatic carbocycles. The van der Waals surface area contributed by atoms with E-state index in [1.54, 1.807) is 30.8 Å². The van der Waals surface area contributed by atoms with E-state index in [0.29, 0.717) is 29.3 Å². The Hall–Kier alpha value is -2.45. The number of ether oxygens (including phenoxy) is 1. The first kappa shape index (κ1) is 20.9. The van der Waals surface area contributed by atoms with Gasteiger partial charge in [0.15, 0.2) is 9.84 Å². The van der Waals surface area contributed by atoms with Crippen LogP contribution in [-0.4, -0.2) is 33.0 Å². The molecule has 0 radical (unpaired) electrons. The number of sulfone groups is 1. The SMILES string of the molecule is C=C(C)C(=O)OCCSc1ccc(N=Nc2ccc(S(C)(=O)=O)cc2)cc1. The van der Waals surface area contributed by atoms with Gasteiger partial charge in [0.1, 0.15) is 6.61 Å². The average Bonchev–Trinajstić information content (AvgIpc) is 2.64. The smallest absolute Gasteiger partial charge is 0.333 e. The molecule has 0 amide bonds. The minimum atomic E-state index is -3.22. The molecule has 0 unspecified atom stereocenters. The van der Waals surface area contributed by atoms with E-state index in [1.807, 2.05) is 24.3 Å². The Kier molecular flexibility index (Phi) is 7.32. The summed E-state index contributed by atoms with van der Waals surface area (Å²) in [6.07, 6.45) is 1.16. The molecule has 0 bridgehead atoms. The number of rotatable bonds is 8. The van der Waals surface area contributed by atoms with Gasteiger partial charge in [-0.15, -0.1) is 11.8 Å². The van der Waals surface area contributed by atoms with Gasteiger partial charge in [0.05, 0.1) is 16.3 Å². The molecule has 0 aliphatic heterocycles. The standard InChI is InChI=1S/C19H20N2O4S2/c1-14(2)19(22)25-12-13-26-17-8-4-15(5-9-17)20-21-16-6-10-18(11-7-16)27(3,23)24/h4-11H,1,12-13H2,2-3H3. The Morgan fingerprint density at radius 2 is 1.56 bits per heavy atom. The van der Waals surface area contributed by atoms with E-state index in [0.717, 1.165) is 11.2 Å². The summed E-state index contributed by atoms with van der Waals surface area (Å²) >= 11 is 1.57. The van der Waals surface area contributed by atoms with E-state index in [9.17, 15) is 13.2 Å². The van der Waals surface area contributed by atoms with Gasteiger partial charge in [0.2, 0.25) is 0 Å². The highest BCUT2D eigenvalue weighted by molar-refractivity contribution is 7.99. The molecule has 0 saturated heterocycles. The topological polar surface area (TPSA) is 85.2 Å². The molecule has 0 aliphatic rings. The molecule has 6 nitrogen and oxygen atoms in total. The minimum Gasteiger partial charge on any atom is -0.461 e. The Labute approximate surface area is 163 Å². The van der Waals surface area contributed by atoms with Crippen molar-refractivity contribution in [2.75, 3.05) is 18.6 Å². The predicted molar refractivity (Wildman–Crippen MR) is 107 cm³/mol. The molecule has 0 saturated carbocycles. The number of esters is 1. The molecule has 27 heavy (non-hydrogen) atoms. The zero-order chi connectivity index (χ0) is 19.9. The van der Waals surface area contributed by atoms with Gasteiger partial charge in [0.25, 0.3) is 0 Å². The van der Waals surface area contributed by atoms with Gasteiger partial charge in [-0.05, 0) is 55.5 Å². The highest BCUT2D eigenvalue weighted by Gasteiger charge is 2.06. The van der Waals surface area contributed by atoms with Gasteiger partial charge in [-0.1, -0.05) is 6.58 Å². The molecular weight excluding hydrogens is 384 g/mol. The lowest BCUT2D eigenvalue weighted by Gasteiger charge is -2.04. The largest absolute Gasteiger partial charge is 0.461 e. The molecule has 0 aromatic heterocycles. The summed E-state index contributed by atoms with van der Waals surface area (Å²) in [5.74, 6) is 0.267. The molecule has 0 aliphatic carbocycles. The molecule has 142 valence electrons. The Bertz CT molecular complexity index is 935. The van der Waals surface area contributed by atoms with Crippen LogP contribution in [0.25, 0.3) is 0 Å². The van der Waals surface area contributed by atoms with Crippen LogP contribution >= 0.6 is 11.8 Å². The van der Waals surface area contributed by atoms with Gasteiger partial charge in [-0.3, -0.25) is 0 Å². The molecule has 0 heterocycles. The number of hydrogen-bond acceptors (Lipinski definition) is 7. The number of hydrogen-bond donors (Lipinski definition) is 0. The summed E-state index contributed by atoms with van der Waals surface area (Å²) in [4.78, 5) is 12.5. The molecule has 2 rings (SSSR count). The van der Waals surface area contributed by atoms with Crippen molar-refractivity contribution >= 4 is 38.9 Å². The van der Waals surface area contributed by atoms with Crippen molar-refractivity contribution < 1.29 is 17.9 Å². The first-order valence-electron chi connectivity index (χ1n) is 8.03. The van der Waals surface area contributed by atoms with Crippen molar-refractivity contribution in [1.82, 2.24) is 0 Å². The lowest BCUT2D eigenvalue weighted by molar-refractivity contribution is -0.138. The number of carbonyl (C=O) groups is 1. The molecule has 0 atom stereocenters. The monoisotopic (exact) mass is 404 g/mol. The van der Waals surface area contributed by atoms with Crippen molar-refractivity contribution in [1.29, 1.82) is 0 Å². The predicted octanol–water partition coefficient (Wildman–Crippen LogP) is 4.72. The number of carbonyl (C=O) groups excluding carboxylic acids is 1. The number of nitrogens with zero attached hydrogens (tertiary/aromatic N) is 2. The minimum absolute atomic E-state index is 0.247. The summed E-state index contributed by atoms with van der Waals surface area (Å²) in [5.41, 5.74) is 1.64. The van der Waals surface area contributed by atoms with E-state index < -0.39 is 9.84 Å². The summed E-state index contributed by atoms with van der Waals surface area (Å²) in [6.45, 7) is 5.46. The van der Waals surface area contributed by atoms with E-state index in [4.69, 9.17) is 4.74 Å². The van der Waals surface area contributed by atoms with Crippen molar-refractivity contribution in [3.05, 3.63) is 60.7 Å². The fraction of sp³-hybridized carbons (Fsp3) is 0.211. The molecular formula is C19H20N2O4S2. The quantitative estimate of drug-likeness (QED) is 0.209. The molecule has 8 heteroatoms. The van der Waals surface area contributed by atoms with Crippen LogP contribution in [0.15, 0.2) is 80.7 Å². The second-order valence-electron chi connectivity index (χ2n) is 5.72. The molecule has 0 N–H and O–H groups in total. The van der Waals surface area contributed by atoms with Crippen LogP contribution in [0.3, 0.4) is 0 Å². The summed E-state index contributed by atoms with van der Waals surface area (Å²) in [5, 5.41) is 8.23. The highest BCUT2D eigenvalue weighted by atomic mass is 32.2. The fourth-order valence-electron chi connectivity index (χ4n) is 1.90. The Balaban J connectivity index is 1.87. The first-order valence-corrected chi connectivity index (χ1v) is 10.9. The van der Waals surface area contributed by atoms with Crippen LogP contribution in [0, 0.1) is 0 Å². The van der Waals surface area contributed by atoms with Gasteiger partial charge in [0, 0.05) is 22.5 Å². The third kappa shape index (κ3) is 6.99. The average molecular weight is 405 g/mol. The first-order chi connectivity index (χ1) is 12.8. The second-order valence-corrected chi connectivity index (χ2v) is 8.91. The van der Waals surface area contributed by atoms with E-state index >= 15 is 0 Å².